The molecule has 5 heteroatoms. The molecule has 3 heterocycles. The molecule has 0 unspecified atom stereocenters. The van der Waals surface area contributed by atoms with Crippen molar-refractivity contribution in [3.8, 4) is 0 Å². The summed E-state index contributed by atoms with van der Waals surface area (Å²) in [7, 11) is 0. The average molecular weight is 446 g/mol. The van der Waals surface area contributed by atoms with Gasteiger partial charge in [-0.1, -0.05) is 13.0 Å². The number of carbonyl (C=O) groups is 1. The van der Waals surface area contributed by atoms with Crippen molar-refractivity contribution < 1.29 is 9.90 Å². The predicted molar refractivity (Wildman–Crippen MR) is 130 cm³/mol. The van der Waals surface area contributed by atoms with E-state index < -0.39 is 5.97 Å². The van der Waals surface area contributed by atoms with Crippen molar-refractivity contribution in [3.63, 3.8) is 0 Å². The molecule has 0 bridgehead atoms. The second-order valence-corrected chi connectivity index (χ2v) is 11.3. The number of piperidine rings is 1. The summed E-state index contributed by atoms with van der Waals surface area (Å²) in [4.78, 5) is 18.1. The predicted octanol–water partition coefficient (Wildman–Crippen LogP) is 6.69. The van der Waals surface area contributed by atoms with Crippen LogP contribution in [0.1, 0.15) is 71.4 Å². The van der Waals surface area contributed by atoms with Crippen molar-refractivity contribution in [1.29, 1.82) is 0 Å². The zero-order valence-corrected chi connectivity index (χ0v) is 20.8. The maximum Gasteiger partial charge on any atom is 0.307 e. The number of aliphatic carboxylic acids is 1. The van der Waals surface area contributed by atoms with Gasteiger partial charge in [0.1, 0.15) is 0 Å². The number of aryl methyl sites for hydroxylation is 3. The highest BCUT2D eigenvalue weighted by molar-refractivity contribution is 7.15. The van der Waals surface area contributed by atoms with E-state index in [-0.39, 0.29) is 11.5 Å². The Morgan fingerprint density at radius 2 is 2.00 bits per heavy atom. The first kappa shape index (κ1) is 23.2. The molecule has 1 aliphatic rings. The molecule has 0 radical (unpaired) electrons. The molecule has 0 aliphatic carbocycles. The van der Waals surface area contributed by atoms with Gasteiger partial charge in [0.15, 0.2) is 0 Å². The van der Waals surface area contributed by atoms with Crippen LogP contribution < -0.4 is 0 Å². The van der Waals surface area contributed by atoms with E-state index in [1.54, 1.807) is 0 Å². The molecular weight excluding hydrogens is 410 g/mol. The first-order chi connectivity index (χ1) is 14.1. The molecule has 1 saturated heterocycles. The van der Waals surface area contributed by atoms with E-state index in [0.717, 1.165) is 32.2 Å². The lowest BCUT2D eigenvalue weighted by Crippen LogP contribution is -2.52. The van der Waals surface area contributed by atoms with Gasteiger partial charge in [-0.25, -0.2) is 0 Å². The first-order valence-electron chi connectivity index (χ1n) is 11.0. The summed E-state index contributed by atoms with van der Waals surface area (Å²) in [6, 6.07) is 2.28. The van der Waals surface area contributed by atoms with Gasteiger partial charge >= 0.3 is 5.97 Å². The van der Waals surface area contributed by atoms with Crippen LogP contribution in [0.4, 0.5) is 0 Å². The molecule has 30 heavy (non-hydrogen) atoms. The van der Waals surface area contributed by atoms with Crippen molar-refractivity contribution in [2.24, 2.45) is 5.92 Å². The number of likely N-dealkylation sites (tertiary alicyclic amines) is 1. The summed E-state index contributed by atoms with van der Waals surface area (Å²) in [5.74, 6) is -0.895. The fourth-order valence-corrected chi connectivity index (χ4v) is 6.92. The molecule has 1 fully saturated rings. The number of thiophene rings is 2. The number of hydrogen-bond acceptors (Lipinski definition) is 4. The van der Waals surface area contributed by atoms with E-state index >= 15 is 0 Å². The Morgan fingerprint density at radius 1 is 1.27 bits per heavy atom. The van der Waals surface area contributed by atoms with Crippen LogP contribution in [0.3, 0.4) is 0 Å². The van der Waals surface area contributed by atoms with Crippen molar-refractivity contribution in [2.75, 3.05) is 13.1 Å². The van der Waals surface area contributed by atoms with E-state index in [4.69, 9.17) is 0 Å². The summed E-state index contributed by atoms with van der Waals surface area (Å²) in [6.45, 7) is 14.9. The average Bonchev–Trinajstić information content (AvgIpc) is 3.20. The summed E-state index contributed by atoms with van der Waals surface area (Å²) in [5.41, 5.74) is 5.62. The monoisotopic (exact) mass is 445 g/mol. The zero-order chi connectivity index (χ0) is 22.1. The smallest absolute Gasteiger partial charge is 0.307 e. The van der Waals surface area contributed by atoms with Gasteiger partial charge in [-0.15, -0.1) is 22.7 Å². The maximum absolute atomic E-state index is 11.5. The molecular formula is C25H35NO2S2. The van der Waals surface area contributed by atoms with Gasteiger partial charge in [-0.05, 0) is 88.4 Å². The molecule has 3 rings (SSSR count). The number of hydrogen-bond donors (Lipinski definition) is 1. The summed E-state index contributed by atoms with van der Waals surface area (Å²) in [6.07, 6.45) is 6.10. The summed E-state index contributed by atoms with van der Waals surface area (Å²) >= 11 is 3.74. The van der Waals surface area contributed by atoms with Crippen LogP contribution in [-0.4, -0.2) is 34.6 Å². The number of carboxylic acid groups (broad SMARTS) is 1. The third-order valence-corrected chi connectivity index (χ3v) is 8.84. The van der Waals surface area contributed by atoms with E-state index in [9.17, 15) is 9.90 Å². The third kappa shape index (κ3) is 4.90. The Bertz CT molecular complexity index is 935. The Balaban J connectivity index is 1.89. The van der Waals surface area contributed by atoms with Crippen LogP contribution in [0.15, 0.2) is 17.5 Å². The second kappa shape index (κ2) is 9.37. The van der Waals surface area contributed by atoms with Gasteiger partial charge in [0.25, 0.3) is 0 Å². The van der Waals surface area contributed by atoms with Crippen molar-refractivity contribution in [2.45, 2.75) is 72.8 Å². The molecule has 0 spiro atoms. The van der Waals surface area contributed by atoms with E-state index in [0.29, 0.717) is 6.54 Å². The summed E-state index contributed by atoms with van der Waals surface area (Å²) in [5, 5.41) is 11.8. The van der Waals surface area contributed by atoms with Gasteiger partial charge in [0.05, 0.1) is 5.92 Å². The molecule has 0 aromatic carbocycles. The molecule has 3 nitrogen and oxygen atoms in total. The van der Waals surface area contributed by atoms with Gasteiger partial charge in [0, 0.05) is 38.8 Å². The molecule has 1 N–H and O–H groups in total. The highest BCUT2D eigenvalue weighted by atomic mass is 32.1. The van der Waals surface area contributed by atoms with Crippen LogP contribution in [0.5, 0.6) is 0 Å². The largest absolute Gasteiger partial charge is 0.481 e. The van der Waals surface area contributed by atoms with Gasteiger partial charge in [-0.3, -0.25) is 9.69 Å². The lowest BCUT2D eigenvalue weighted by Gasteiger charge is -2.44. The second-order valence-electron chi connectivity index (χ2n) is 9.19. The van der Waals surface area contributed by atoms with Crippen LogP contribution >= 0.6 is 22.7 Å². The topological polar surface area (TPSA) is 40.5 Å². The van der Waals surface area contributed by atoms with Gasteiger partial charge in [0.2, 0.25) is 0 Å². The molecule has 1 aliphatic heterocycles. The molecule has 0 saturated carbocycles. The third-order valence-electron chi connectivity index (χ3n) is 6.49. The van der Waals surface area contributed by atoms with Crippen LogP contribution in [0.25, 0.3) is 5.57 Å². The molecule has 1 atom stereocenters. The van der Waals surface area contributed by atoms with Crippen molar-refractivity contribution >= 4 is 34.2 Å². The lowest BCUT2D eigenvalue weighted by molar-refractivity contribution is -0.145. The van der Waals surface area contributed by atoms with Gasteiger partial charge in [-0.2, -0.15) is 0 Å². The van der Waals surface area contributed by atoms with E-state index in [1.807, 2.05) is 22.7 Å². The Labute approximate surface area is 189 Å². The number of nitrogens with zero attached hydrogens (tertiary/aromatic N) is 1. The molecule has 2 aromatic heterocycles. The number of rotatable bonds is 7. The Morgan fingerprint density at radius 3 is 2.60 bits per heavy atom. The Hall–Kier alpha value is -1.43. The highest BCUT2D eigenvalue weighted by Crippen LogP contribution is 2.39. The normalized spacial score (nSPS) is 19.9. The van der Waals surface area contributed by atoms with E-state index in [1.165, 1.54) is 36.9 Å². The number of carboxylic acids is 1. The fraction of sp³-hybridized carbons (Fsp3) is 0.560. The fourth-order valence-electron chi connectivity index (χ4n) is 4.58. The lowest BCUT2D eigenvalue weighted by atomic mass is 9.84. The van der Waals surface area contributed by atoms with Crippen LogP contribution in [-0.2, 0) is 11.2 Å². The molecule has 164 valence electrons. The quantitative estimate of drug-likeness (QED) is 0.516. The maximum atomic E-state index is 11.5. The van der Waals surface area contributed by atoms with Crippen molar-refractivity contribution in [3.05, 3.63) is 48.8 Å². The molecule has 0 amide bonds. The SMILES string of the molecule is CCc1c(C)csc1/C(=C\CCN1C[C@H](C(=O)O)CCC1(C)C)c1sc(C)cc1C. The minimum absolute atomic E-state index is 0.0590. The highest BCUT2D eigenvalue weighted by Gasteiger charge is 2.36. The summed E-state index contributed by atoms with van der Waals surface area (Å²) < 4.78 is 0. The molecule has 2 aromatic rings. The van der Waals surface area contributed by atoms with Crippen LogP contribution in [0, 0.1) is 26.7 Å². The van der Waals surface area contributed by atoms with E-state index in [2.05, 4.69) is 64.0 Å². The van der Waals surface area contributed by atoms with Crippen molar-refractivity contribution in [1.82, 2.24) is 4.90 Å². The minimum atomic E-state index is -0.655. The first-order valence-corrected chi connectivity index (χ1v) is 12.7. The minimum Gasteiger partial charge on any atom is -0.481 e. The zero-order valence-electron chi connectivity index (χ0n) is 19.2. The van der Waals surface area contributed by atoms with Crippen LogP contribution in [0.2, 0.25) is 0 Å². The standard InChI is InChI=1S/C25H35NO2S2/c1-7-20-17(3)15-29-23(20)21(22-16(2)13-18(4)30-22)9-8-12-26-14-19(24(27)28)10-11-25(26,5)6/h9,13,15,19H,7-8,10-12,14H2,1-6H3,(H,27,28)/b21-9-/t19-/m1/s1. The van der Waals surface area contributed by atoms with Gasteiger partial charge < -0.3 is 5.11 Å². The Kier molecular flexibility index (Phi) is 7.26.